The number of hydrogen-bond donors (Lipinski definition) is 1. The summed E-state index contributed by atoms with van der Waals surface area (Å²) >= 11 is 12.0. The van der Waals surface area contributed by atoms with E-state index in [2.05, 4.69) is 24.4 Å². The molecule has 0 aliphatic heterocycles. The van der Waals surface area contributed by atoms with Crippen molar-refractivity contribution in [2.75, 3.05) is 5.32 Å². The van der Waals surface area contributed by atoms with Gasteiger partial charge in [-0.1, -0.05) is 41.4 Å². The van der Waals surface area contributed by atoms with E-state index in [1.54, 1.807) is 6.07 Å². The van der Waals surface area contributed by atoms with E-state index in [1.807, 2.05) is 24.3 Å². The molecule has 96 valence electrons. The predicted octanol–water partition coefficient (Wildman–Crippen LogP) is 5.34. The molecule has 0 amide bonds. The second-order valence-corrected chi connectivity index (χ2v) is 4.80. The Balaban J connectivity index is 0.00000162. The zero-order valence-corrected chi connectivity index (χ0v) is 12.2. The van der Waals surface area contributed by atoms with Gasteiger partial charge in [0, 0.05) is 22.3 Å². The van der Waals surface area contributed by atoms with Gasteiger partial charge in [0.15, 0.2) is 0 Å². The lowest BCUT2D eigenvalue weighted by Gasteiger charge is -2.09. The van der Waals surface area contributed by atoms with Gasteiger partial charge < -0.3 is 5.32 Å². The summed E-state index contributed by atoms with van der Waals surface area (Å²) in [6.45, 7) is 2.76. The molecular formula is C14H14Cl3N. The van der Waals surface area contributed by atoms with E-state index < -0.39 is 0 Å². The molecule has 1 N–H and O–H groups in total. The van der Waals surface area contributed by atoms with Crippen LogP contribution in [0.1, 0.15) is 11.1 Å². The lowest BCUT2D eigenvalue weighted by molar-refractivity contribution is 1.15. The van der Waals surface area contributed by atoms with Crippen LogP contribution in [0, 0.1) is 6.92 Å². The second-order valence-electron chi connectivity index (χ2n) is 3.96. The van der Waals surface area contributed by atoms with Crippen molar-refractivity contribution >= 4 is 41.3 Å². The topological polar surface area (TPSA) is 12.0 Å². The third kappa shape index (κ3) is 4.09. The van der Waals surface area contributed by atoms with Gasteiger partial charge >= 0.3 is 0 Å². The monoisotopic (exact) mass is 301 g/mol. The Morgan fingerprint density at radius 1 is 1.06 bits per heavy atom. The molecular weight excluding hydrogens is 289 g/mol. The Labute approximate surface area is 124 Å². The van der Waals surface area contributed by atoms with Gasteiger partial charge in [0.25, 0.3) is 0 Å². The number of benzene rings is 2. The first-order chi connectivity index (χ1) is 8.15. The Morgan fingerprint density at radius 2 is 1.83 bits per heavy atom. The number of halogens is 3. The molecule has 0 aliphatic rings. The molecule has 0 unspecified atom stereocenters. The zero-order valence-electron chi connectivity index (χ0n) is 9.91. The van der Waals surface area contributed by atoms with Gasteiger partial charge in [0.1, 0.15) is 0 Å². The van der Waals surface area contributed by atoms with E-state index in [0.29, 0.717) is 16.6 Å². The lowest BCUT2D eigenvalue weighted by Crippen LogP contribution is -2.00. The molecule has 2 aromatic rings. The van der Waals surface area contributed by atoms with E-state index in [0.717, 1.165) is 11.3 Å². The molecule has 1 nitrogen and oxygen atoms in total. The second kappa shape index (κ2) is 6.89. The third-order valence-electron chi connectivity index (χ3n) is 2.52. The predicted molar refractivity (Wildman–Crippen MR) is 82.2 cm³/mol. The summed E-state index contributed by atoms with van der Waals surface area (Å²) in [5.41, 5.74) is 3.37. The maximum Gasteiger partial charge on any atom is 0.0470 e. The Kier molecular flexibility index (Phi) is 5.80. The number of aryl methyl sites for hydroxylation is 1. The molecule has 0 fully saturated rings. The zero-order chi connectivity index (χ0) is 12.3. The van der Waals surface area contributed by atoms with Crippen LogP contribution in [0.5, 0.6) is 0 Å². The van der Waals surface area contributed by atoms with Crippen LogP contribution in [0.15, 0.2) is 42.5 Å². The van der Waals surface area contributed by atoms with E-state index >= 15 is 0 Å². The molecule has 2 rings (SSSR count). The Hall–Kier alpha value is -0.890. The van der Waals surface area contributed by atoms with Gasteiger partial charge in [0.05, 0.1) is 0 Å². The molecule has 0 saturated heterocycles. The minimum atomic E-state index is 0. The average molecular weight is 303 g/mol. The summed E-state index contributed by atoms with van der Waals surface area (Å²) in [6.07, 6.45) is 0. The standard InChI is InChI=1S/C14H13Cl2N.ClH/c1-10-3-2-4-13(7-10)17-9-11-5-6-12(15)8-14(11)16;/h2-8,17H,9H2,1H3;1H. The molecule has 0 aliphatic carbocycles. The van der Waals surface area contributed by atoms with Gasteiger partial charge in [0.2, 0.25) is 0 Å². The number of anilines is 1. The van der Waals surface area contributed by atoms with Crippen molar-refractivity contribution < 1.29 is 0 Å². The smallest absolute Gasteiger partial charge is 0.0470 e. The van der Waals surface area contributed by atoms with E-state index in [-0.39, 0.29) is 12.4 Å². The first kappa shape index (κ1) is 15.2. The fourth-order valence-electron chi connectivity index (χ4n) is 1.62. The molecule has 0 atom stereocenters. The summed E-state index contributed by atoms with van der Waals surface area (Å²) < 4.78 is 0. The number of nitrogens with one attached hydrogen (secondary N) is 1. The fourth-order valence-corrected chi connectivity index (χ4v) is 2.09. The molecule has 18 heavy (non-hydrogen) atoms. The normalized spacial score (nSPS) is 9.72. The van der Waals surface area contributed by atoms with Crippen LogP contribution in [-0.2, 0) is 6.54 Å². The van der Waals surface area contributed by atoms with Crippen LogP contribution in [0.3, 0.4) is 0 Å². The SMILES string of the molecule is Cc1cccc(NCc2ccc(Cl)cc2Cl)c1.Cl. The molecule has 2 aromatic carbocycles. The van der Waals surface area contributed by atoms with Crippen molar-refractivity contribution in [2.24, 2.45) is 0 Å². The highest BCUT2D eigenvalue weighted by Gasteiger charge is 2.01. The molecule has 4 heteroatoms. The molecule has 0 saturated carbocycles. The van der Waals surface area contributed by atoms with Gasteiger partial charge in [-0.2, -0.15) is 0 Å². The Morgan fingerprint density at radius 3 is 2.50 bits per heavy atom. The molecule has 0 heterocycles. The van der Waals surface area contributed by atoms with E-state index in [9.17, 15) is 0 Å². The van der Waals surface area contributed by atoms with Crippen molar-refractivity contribution in [3.8, 4) is 0 Å². The highest BCUT2D eigenvalue weighted by molar-refractivity contribution is 6.35. The molecule has 0 spiro atoms. The summed E-state index contributed by atoms with van der Waals surface area (Å²) in [7, 11) is 0. The first-order valence-corrected chi connectivity index (χ1v) is 6.15. The third-order valence-corrected chi connectivity index (χ3v) is 3.10. The lowest BCUT2D eigenvalue weighted by atomic mass is 10.2. The van der Waals surface area contributed by atoms with Gasteiger partial charge in [-0.3, -0.25) is 0 Å². The number of hydrogen-bond acceptors (Lipinski definition) is 1. The van der Waals surface area contributed by atoms with Crippen molar-refractivity contribution in [2.45, 2.75) is 13.5 Å². The van der Waals surface area contributed by atoms with Crippen LogP contribution < -0.4 is 5.32 Å². The fraction of sp³-hybridized carbons (Fsp3) is 0.143. The van der Waals surface area contributed by atoms with Crippen molar-refractivity contribution in [1.29, 1.82) is 0 Å². The first-order valence-electron chi connectivity index (χ1n) is 5.39. The summed E-state index contributed by atoms with van der Waals surface area (Å²) in [6, 6.07) is 13.8. The highest BCUT2D eigenvalue weighted by atomic mass is 35.5. The van der Waals surface area contributed by atoms with E-state index in [4.69, 9.17) is 23.2 Å². The van der Waals surface area contributed by atoms with Crippen molar-refractivity contribution in [1.82, 2.24) is 0 Å². The van der Waals surface area contributed by atoms with Crippen LogP contribution >= 0.6 is 35.6 Å². The summed E-state index contributed by atoms with van der Waals surface area (Å²) in [4.78, 5) is 0. The maximum absolute atomic E-state index is 6.10. The van der Waals surface area contributed by atoms with Crippen LogP contribution in [-0.4, -0.2) is 0 Å². The van der Waals surface area contributed by atoms with Crippen LogP contribution in [0.25, 0.3) is 0 Å². The van der Waals surface area contributed by atoms with E-state index in [1.165, 1.54) is 5.56 Å². The van der Waals surface area contributed by atoms with Crippen LogP contribution in [0.2, 0.25) is 10.0 Å². The molecule has 0 bridgehead atoms. The van der Waals surface area contributed by atoms with Gasteiger partial charge in [-0.15, -0.1) is 12.4 Å². The van der Waals surface area contributed by atoms with Crippen molar-refractivity contribution in [3.63, 3.8) is 0 Å². The summed E-state index contributed by atoms with van der Waals surface area (Å²) in [5.74, 6) is 0. The van der Waals surface area contributed by atoms with Gasteiger partial charge in [-0.25, -0.2) is 0 Å². The molecule has 0 radical (unpaired) electrons. The average Bonchev–Trinajstić information content (AvgIpc) is 2.28. The highest BCUT2D eigenvalue weighted by Crippen LogP contribution is 2.22. The quantitative estimate of drug-likeness (QED) is 0.807. The van der Waals surface area contributed by atoms with Crippen LogP contribution in [0.4, 0.5) is 5.69 Å². The largest absolute Gasteiger partial charge is 0.381 e. The molecule has 0 aromatic heterocycles. The maximum atomic E-state index is 6.10. The van der Waals surface area contributed by atoms with Crippen molar-refractivity contribution in [3.05, 3.63) is 63.6 Å². The number of rotatable bonds is 3. The minimum absolute atomic E-state index is 0. The summed E-state index contributed by atoms with van der Waals surface area (Å²) in [5, 5.41) is 4.69. The Bertz CT molecular complexity index is 526. The van der Waals surface area contributed by atoms with Gasteiger partial charge in [-0.05, 0) is 42.3 Å². The minimum Gasteiger partial charge on any atom is -0.381 e.